The molecule has 1 heterocycles. The molecule has 0 saturated heterocycles. The van der Waals surface area contributed by atoms with Crippen molar-refractivity contribution < 1.29 is 14.2 Å². The number of thiazole rings is 1. The lowest BCUT2D eigenvalue weighted by Crippen LogP contribution is -2.09. The highest BCUT2D eigenvalue weighted by Crippen LogP contribution is 2.31. The topological polar surface area (TPSA) is 66.6 Å². The van der Waals surface area contributed by atoms with Gasteiger partial charge in [-0.2, -0.15) is 0 Å². The van der Waals surface area contributed by atoms with Gasteiger partial charge in [0.1, 0.15) is 12.4 Å². The second-order valence-corrected chi connectivity index (χ2v) is 5.63. The number of nitrogens with zero attached hydrogens (tertiary/aromatic N) is 1. The number of rotatable bonds is 8. The van der Waals surface area contributed by atoms with Crippen molar-refractivity contribution in [2.45, 2.75) is 13.3 Å². The fraction of sp³-hybridized carbons (Fsp3) is 0.500. The summed E-state index contributed by atoms with van der Waals surface area (Å²) in [4.78, 5) is 4.43. The number of benzene rings is 1. The summed E-state index contributed by atoms with van der Waals surface area (Å²) >= 11 is 1.63. The quantitative estimate of drug-likeness (QED) is 0.599. The lowest BCUT2D eigenvalue weighted by atomic mass is 10.3. The van der Waals surface area contributed by atoms with Gasteiger partial charge in [0.2, 0.25) is 0 Å². The van der Waals surface area contributed by atoms with Crippen molar-refractivity contribution in [1.29, 1.82) is 0 Å². The Balaban J connectivity index is 1.82. The maximum atomic E-state index is 5.97. The molecule has 110 valence electrons. The molecule has 0 fully saturated rings. The van der Waals surface area contributed by atoms with Gasteiger partial charge in [-0.1, -0.05) is 0 Å². The first-order chi connectivity index (χ1) is 9.70. The van der Waals surface area contributed by atoms with Gasteiger partial charge in [-0.05, 0) is 19.4 Å². The number of hydrogen-bond donors (Lipinski definition) is 1. The molecule has 0 saturated carbocycles. The zero-order valence-corrected chi connectivity index (χ0v) is 12.7. The summed E-state index contributed by atoms with van der Waals surface area (Å²) in [5.74, 6) is 0.670. The third kappa shape index (κ3) is 4.06. The van der Waals surface area contributed by atoms with Crippen LogP contribution in [0, 0.1) is 6.92 Å². The fourth-order valence-electron chi connectivity index (χ4n) is 1.83. The molecular weight excluding hydrogens is 276 g/mol. The van der Waals surface area contributed by atoms with Gasteiger partial charge in [-0.25, -0.2) is 4.98 Å². The minimum Gasteiger partial charge on any atom is -0.489 e. The molecule has 0 amide bonds. The number of hydrogen-bond acceptors (Lipinski definition) is 6. The van der Waals surface area contributed by atoms with E-state index in [1.807, 2.05) is 19.1 Å². The van der Waals surface area contributed by atoms with Crippen LogP contribution in [-0.2, 0) is 9.47 Å². The van der Waals surface area contributed by atoms with Crippen molar-refractivity contribution in [3.8, 4) is 5.75 Å². The van der Waals surface area contributed by atoms with E-state index in [9.17, 15) is 0 Å². The second-order valence-electron chi connectivity index (χ2n) is 4.40. The first kappa shape index (κ1) is 15.0. The van der Waals surface area contributed by atoms with Crippen LogP contribution in [0.25, 0.3) is 10.2 Å². The molecule has 6 heteroatoms. The van der Waals surface area contributed by atoms with Gasteiger partial charge >= 0.3 is 0 Å². The number of aromatic nitrogens is 1. The fourth-order valence-corrected chi connectivity index (χ4v) is 2.69. The third-order valence-corrected chi connectivity index (χ3v) is 3.68. The summed E-state index contributed by atoms with van der Waals surface area (Å²) < 4.78 is 17.1. The number of fused-ring (bicyclic) bond motifs is 1. The molecule has 0 unspecified atom stereocenters. The molecule has 2 aromatic rings. The monoisotopic (exact) mass is 296 g/mol. The van der Waals surface area contributed by atoms with Crippen molar-refractivity contribution in [2.24, 2.45) is 0 Å². The number of aryl methyl sites for hydroxylation is 1. The molecule has 0 bridgehead atoms. The lowest BCUT2D eigenvalue weighted by Gasteiger charge is -2.09. The molecule has 0 atom stereocenters. The molecular formula is C14H20N2O3S. The minimum absolute atomic E-state index is 0.478. The van der Waals surface area contributed by atoms with Crippen LogP contribution in [0.3, 0.4) is 0 Å². The number of methoxy groups -OCH3 is 1. The van der Waals surface area contributed by atoms with Crippen molar-refractivity contribution in [1.82, 2.24) is 4.98 Å². The molecule has 0 aliphatic rings. The Kier molecular flexibility index (Phi) is 5.58. The van der Waals surface area contributed by atoms with Crippen LogP contribution >= 0.6 is 11.3 Å². The zero-order chi connectivity index (χ0) is 14.4. The van der Waals surface area contributed by atoms with E-state index in [0.29, 0.717) is 37.9 Å². The molecule has 2 rings (SSSR count). The summed E-state index contributed by atoms with van der Waals surface area (Å²) in [7, 11) is 1.68. The first-order valence-electron chi connectivity index (χ1n) is 6.57. The van der Waals surface area contributed by atoms with Crippen LogP contribution in [-0.4, -0.2) is 38.5 Å². The Labute approximate surface area is 122 Å². The van der Waals surface area contributed by atoms with E-state index in [1.165, 1.54) is 0 Å². The SMILES string of the molecule is COCCCOCCOc1cc2nc(C)sc2cc1N. The molecule has 0 aliphatic heterocycles. The molecule has 2 N–H and O–H groups in total. The third-order valence-electron chi connectivity index (χ3n) is 2.75. The van der Waals surface area contributed by atoms with Gasteiger partial charge in [-0.15, -0.1) is 11.3 Å². The van der Waals surface area contributed by atoms with Crippen molar-refractivity contribution >= 4 is 27.2 Å². The summed E-state index contributed by atoms with van der Waals surface area (Å²) in [6, 6.07) is 3.80. The predicted molar refractivity (Wildman–Crippen MR) is 81.6 cm³/mol. The molecule has 1 aromatic carbocycles. The number of nitrogens with two attached hydrogens (primary N) is 1. The summed E-state index contributed by atoms with van der Waals surface area (Å²) in [5, 5.41) is 1.03. The highest BCUT2D eigenvalue weighted by atomic mass is 32.1. The van der Waals surface area contributed by atoms with Crippen LogP contribution in [0.4, 0.5) is 5.69 Å². The maximum Gasteiger partial charge on any atom is 0.144 e. The zero-order valence-electron chi connectivity index (χ0n) is 11.8. The summed E-state index contributed by atoms with van der Waals surface area (Å²) in [6.45, 7) is 4.39. The Morgan fingerprint density at radius 2 is 2.05 bits per heavy atom. The minimum atomic E-state index is 0.478. The lowest BCUT2D eigenvalue weighted by molar-refractivity contribution is 0.0808. The van der Waals surface area contributed by atoms with E-state index in [1.54, 1.807) is 18.4 Å². The molecule has 5 nitrogen and oxygen atoms in total. The van der Waals surface area contributed by atoms with Gasteiger partial charge in [-0.3, -0.25) is 0 Å². The van der Waals surface area contributed by atoms with Gasteiger partial charge in [0, 0.05) is 26.4 Å². The van der Waals surface area contributed by atoms with Crippen LogP contribution in [0.15, 0.2) is 12.1 Å². The van der Waals surface area contributed by atoms with Crippen LogP contribution < -0.4 is 10.5 Å². The molecule has 20 heavy (non-hydrogen) atoms. The number of nitrogen functional groups attached to an aromatic ring is 1. The van der Waals surface area contributed by atoms with E-state index in [2.05, 4.69) is 4.98 Å². The van der Waals surface area contributed by atoms with Gasteiger partial charge in [0.05, 0.1) is 27.5 Å². The Bertz CT molecular complexity index is 557. The van der Waals surface area contributed by atoms with Gasteiger partial charge < -0.3 is 19.9 Å². The van der Waals surface area contributed by atoms with Crippen molar-refractivity contribution in [2.75, 3.05) is 39.3 Å². The second kappa shape index (κ2) is 7.42. The van der Waals surface area contributed by atoms with Crippen molar-refractivity contribution in [3.05, 3.63) is 17.1 Å². The number of anilines is 1. The molecule has 0 spiro atoms. The van der Waals surface area contributed by atoms with E-state index >= 15 is 0 Å². The Hall–Kier alpha value is -1.37. The summed E-state index contributed by atoms with van der Waals surface area (Å²) in [6.07, 6.45) is 0.892. The van der Waals surface area contributed by atoms with E-state index in [-0.39, 0.29) is 0 Å². The maximum absolute atomic E-state index is 5.97. The highest BCUT2D eigenvalue weighted by molar-refractivity contribution is 7.18. The number of ether oxygens (including phenoxy) is 3. The van der Waals surface area contributed by atoms with Crippen molar-refractivity contribution in [3.63, 3.8) is 0 Å². The van der Waals surface area contributed by atoms with E-state index < -0.39 is 0 Å². The Morgan fingerprint density at radius 1 is 1.20 bits per heavy atom. The molecule has 0 aliphatic carbocycles. The smallest absolute Gasteiger partial charge is 0.144 e. The largest absolute Gasteiger partial charge is 0.489 e. The van der Waals surface area contributed by atoms with Crippen LogP contribution in [0.1, 0.15) is 11.4 Å². The Morgan fingerprint density at radius 3 is 2.85 bits per heavy atom. The average molecular weight is 296 g/mol. The standard InChI is InChI=1S/C14H20N2O3S/c1-10-16-12-9-13(11(15)8-14(12)20-10)19-7-6-18-5-3-4-17-2/h8-9H,3-7,15H2,1-2H3. The van der Waals surface area contributed by atoms with Gasteiger partial charge in [0.15, 0.2) is 0 Å². The van der Waals surface area contributed by atoms with Gasteiger partial charge in [0.25, 0.3) is 0 Å². The first-order valence-corrected chi connectivity index (χ1v) is 7.38. The normalized spacial score (nSPS) is 11.1. The molecule has 1 aromatic heterocycles. The predicted octanol–water partition coefficient (Wildman–Crippen LogP) is 2.62. The summed E-state index contributed by atoms with van der Waals surface area (Å²) in [5.41, 5.74) is 7.54. The van der Waals surface area contributed by atoms with E-state index in [4.69, 9.17) is 19.9 Å². The molecule has 0 radical (unpaired) electrons. The van der Waals surface area contributed by atoms with Crippen LogP contribution in [0.5, 0.6) is 5.75 Å². The van der Waals surface area contributed by atoms with Crippen LogP contribution in [0.2, 0.25) is 0 Å². The average Bonchev–Trinajstić information content (AvgIpc) is 2.77. The van der Waals surface area contributed by atoms with E-state index in [0.717, 1.165) is 21.6 Å². The highest BCUT2D eigenvalue weighted by Gasteiger charge is 2.07.